The van der Waals surface area contributed by atoms with Crippen molar-refractivity contribution in [1.82, 2.24) is 19.5 Å². The number of amides is 1. The summed E-state index contributed by atoms with van der Waals surface area (Å²) < 4.78 is 45.8. The number of hydrogen-bond acceptors (Lipinski definition) is 4. The fourth-order valence-electron chi connectivity index (χ4n) is 5.08. The molecule has 3 heterocycles. The highest BCUT2D eigenvalue weighted by Crippen LogP contribution is 2.43. The van der Waals surface area contributed by atoms with Crippen molar-refractivity contribution in [3.63, 3.8) is 0 Å². The number of alkyl halides is 3. The van der Waals surface area contributed by atoms with E-state index in [1.165, 1.54) is 7.11 Å². The lowest BCUT2D eigenvalue weighted by atomic mass is 9.80. The van der Waals surface area contributed by atoms with Crippen LogP contribution in [0.25, 0.3) is 5.65 Å². The van der Waals surface area contributed by atoms with E-state index in [0.29, 0.717) is 37.5 Å². The van der Waals surface area contributed by atoms with E-state index >= 15 is 0 Å². The van der Waals surface area contributed by atoms with Crippen LogP contribution in [0.1, 0.15) is 67.9 Å². The van der Waals surface area contributed by atoms with Crippen LogP contribution in [-0.4, -0.2) is 52.0 Å². The SMILES string of the molecule is COC(=O)N1CC[C@@H](C)[C@@H](c2cc(C)nc3cc([C@H]4CC[C@H](C(F)(F)F)CC4)nn23)C1. The smallest absolute Gasteiger partial charge is 0.409 e. The van der Waals surface area contributed by atoms with Crippen LogP contribution in [0.15, 0.2) is 12.1 Å². The predicted octanol–water partition coefficient (Wildman–Crippen LogP) is 5.07. The van der Waals surface area contributed by atoms with Gasteiger partial charge in [-0.2, -0.15) is 18.3 Å². The van der Waals surface area contributed by atoms with Gasteiger partial charge in [0.25, 0.3) is 0 Å². The van der Waals surface area contributed by atoms with Crippen molar-refractivity contribution in [3.8, 4) is 0 Å². The zero-order valence-corrected chi connectivity index (χ0v) is 18.2. The molecule has 0 spiro atoms. The molecule has 170 valence electrons. The Kier molecular flexibility index (Phi) is 5.87. The molecule has 0 bridgehead atoms. The standard InChI is InChI=1S/C22H29F3N4O2/c1-13-8-9-28(21(30)31-3)12-17(13)19-10-14(2)26-20-11-18(27-29(19)20)15-4-6-16(7-5-15)22(23,24)25/h10-11,13,15-17H,4-9,12H2,1-3H3/t13-,15-,16-,17+/m1/s1. The van der Waals surface area contributed by atoms with Crippen molar-refractivity contribution in [1.29, 1.82) is 0 Å². The summed E-state index contributed by atoms with van der Waals surface area (Å²) in [5.74, 6) is -0.764. The summed E-state index contributed by atoms with van der Waals surface area (Å²) in [6.07, 6.45) is -2.32. The number of methoxy groups -OCH3 is 1. The second-order valence-electron chi connectivity index (χ2n) is 9.04. The first-order valence-corrected chi connectivity index (χ1v) is 10.9. The first kappa shape index (κ1) is 21.9. The molecule has 2 aromatic rings. The zero-order valence-electron chi connectivity index (χ0n) is 18.2. The van der Waals surface area contributed by atoms with E-state index in [4.69, 9.17) is 9.84 Å². The van der Waals surface area contributed by atoms with Gasteiger partial charge in [-0.15, -0.1) is 0 Å². The number of carbonyl (C=O) groups is 1. The number of aryl methyl sites for hydroxylation is 1. The molecular weight excluding hydrogens is 409 g/mol. The molecule has 2 aliphatic rings. The van der Waals surface area contributed by atoms with Crippen molar-refractivity contribution in [2.24, 2.45) is 11.8 Å². The first-order chi connectivity index (χ1) is 14.7. The molecule has 0 N–H and O–H groups in total. The van der Waals surface area contributed by atoms with E-state index in [9.17, 15) is 18.0 Å². The number of ether oxygens (including phenoxy) is 1. The van der Waals surface area contributed by atoms with E-state index in [-0.39, 0.29) is 30.8 Å². The van der Waals surface area contributed by atoms with Crippen LogP contribution in [-0.2, 0) is 4.74 Å². The maximum Gasteiger partial charge on any atom is 0.409 e. The largest absolute Gasteiger partial charge is 0.453 e. The summed E-state index contributed by atoms with van der Waals surface area (Å²) in [6.45, 7) is 5.29. The molecule has 1 saturated carbocycles. The highest BCUT2D eigenvalue weighted by atomic mass is 19.4. The maximum atomic E-state index is 13.0. The average Bonchev–Trinajstić information content (AvgIpc) is 3.16. The molecule has 4 rings (SSSR count). The molecule has 1 amide bonds. The molecule has 2 fully saturated rings. The summed E-state index contributed by atoms with van der Waals surface area (Å²) in [5.41, 5.74) is 3.37. The number of aromatic nitrogens is 3. The summed E-state index contributed by atoms with van der Waals surface area (Å²) >= 11 is 0. The molecule has 31 heavy (non-hydrogen) atoms. The topological polar surface area (TPSA) is 59.7 Å². The third kappa shape index (κ3) is 4.36. The van der Waals surface area contributed by atoms with Gasteiger partial charge in [0.15, 0.2) is 5.65 Å². The Hall–Kier alpha value is -2.32. The Morgan fingerprint density at radius 1 is 1.16 bits per heavy atom. The second kappa shape index (κ2) is 8.31. The Balaban J connectivity index is 1.62. The zero-order chi connectivity index (χ0) is 22.3. The molecule has 0 aromatic carbocycles. The molecule has 2 aromatic heterocycles. The van der Waals surface area contributed by atoms with Gasteiger partial charge in [-0.25, -0.2) is 14.3 Å². The lowest BCUT2D eigenvalue weighted by molar-refractivity contribution is -0.182. The van der Waals surface area contributed by atoms with Crippen molar-refractivity contribution in [2.75, 3.05) is 20.2 Å². The van der Waals surface area contributed by atoms with Gasteiger partial charge in [0.2, 0.25) is 0 Å². The van der Waals surface area contributed by atoms with Gasteiger partial charge in [0.05, 0.1) is 24.4 Å². The van der Waals surface area contributed by atoms with E-state index in [0.717, 1.165) is 23.5 Å². The van der Waals surface area contributed by atoms with Gasteiger partial charge >= 0.3 is 12.3 Å². The van der Waals surface area contributed by atoms with Gasteiger partial charge < -0.3 is 9.64 Å². The second-order valence-corrected chi connectivity index (χ2v) is 9.04. The van der Waals surface area contributed by atoms with Crippen LogP contribution in [0.2, 0.25) is 0 Å². The monoisotopic (exact) mass is 438 g/mol. The minimum absolute atomic E-state index is 0.0174. The minimum atomic E-state index is -4.11. The molecule has 1 aliphatic carbocycles. The Morgan fingerprint density at radius 2 is 1.87 bits per heavy atom. The Bertz CT molecular complexity index is 950. The number of hydrogen-bond donors (Lipinski definition) is 0. The molecule has 0 unspecified atom stereocenters. The molecular formula is C22H29F3N4O2. The third-order valence-electron chi connectivity index (χ3n) is 6.98. The molecule has 2 atom stereocenters. The highest BCUT2D eigenvalue weighted by Gasteiger charge is 2.42. The molecule has 6 nitrogen and oxygen atoms in total. The highest BCUT2D eigenvalue weighted by molar-refractivity contribution is 5.67. The lowest BCUT2D eigenvalue weighted by Gasteiger charge is -2.36. The number of nitrogens with zero attached hydrogens (tertiary/aromatic N) is 4. The van der Waals surface area contributed by atoms with Gasteiger partial charge in [-0.05, 0) is 51.0 Å². The van der Waals surface area contributed by atoms with E-state index < -0.39 is 12.1 Å². The third-order valence-corrected chi connectivity index (χ3v) is 6.98. The molecule has 9 heteroatoms. The molecule has 1 aliphatic heterocycles. The number of likely N-dealkylation sites (tertiary alicyclic amines) is 1. The number of halogens is 3. The lowest BCUT2D eigenvalue weighted by Crippen LogP contribution is -2.42. The van der Waals surface area contributed by atoms with Gasteiger partial charge in [0, 0.05) is 36.7 Å². The maximum absolute atomic E-state index is 13.0. The van der Waals surface area contributed by atoms with Crippen LogP contribution >= 0.6 is 0 Å². The normalized spacial score (nSPS) is 27.5. The van der Waals surface area contributed by atoms with Crippen molar-refractivity contribution in [2.45, 2.75) is 64.0 Å². The number of carbonyl (C=O) groups excluding carboxylic acids is 1. The summed E-state index contributed by atoms with van der Waals surface area (Å²) in [5, 5.41) is 4.80. The number of rotatable bonds is 2. The molecule has 0 radical (unpaired) electrons. The van der Waals surface area contributed by atoms with Crippen molar-refractivity contribution < 1.29 is 22.7 Å². The van der Waals surface area contributed by atoms with E-state index in [1.54, 1.807) is 4.90 Å². The summed E-state index contributed by atoms with van der Waals surface area (Å²) in [7, 11) is 1.39. The van der Waals surface area contributed by atoms with E-state index in [2.05, 4.69) is 11.9 Å². The number of piperidine rings is 1. The fourth-order valence-corrected chi connectivity index (χ4v) is 5.08. The van der Waals surface area contributed by atoms with Crippen LogP contribution in [0, 0.1) is 18.8 Å². The van der Waals surface area contributed by atoms with Crippen molar-refractivity contribution >= 4 is 11.7 Å². The summed E-state index contributed by atoms with van der Waals surface area (Å²) in [6, 6.07) is 3.92. The van der Waals surface area contributed by atoms with Gasteiger partial charge in [0.1, 0.15) is 0 Å². The quantitative estimate of drug-likeness (QED) is 0.657. The predicted molar refractivity (Wildman–Crippen MR) is 109 cm³/mol. The van der Waals surface area contributed by atoms with Crippen LogP contribution in [0.4, 0.5) is 18.0 Å². The van der Waals surface area contributed by atoms with Gasteiger partial charge in [-0.1, -0.05) is 6.92 Å². The van der Waals surface area contributed by atoms with Crippen LogP contribution in [0.5, 0.6) is 0 Å². The van der Waals surface area contributed by atoms with Gasteiger partial charge in [-0.3, -0.25) is 0 Å². The van der Waals surface area contributed by atoms with Crippen LogP contribution in [0.3, 0.4) is 0 Å². The van der Waals surface area contributed by atoms with Crippen LogP contribution < -0.4 is 0 Å². The fraction of sp³-hybridized carbons (Fsp3) is 0.682. The van der Waals surface area contributed by atoms with E-state index in [1.807, 2.05) is 23.6 Å². The minimum Gasteiger partial charge on any atom is -0.453 e. The first-order valence-electron chi connectivity index (χ1n) is 10.9. The summed E-state index contributed by atoms with van der Waals surface area (Å²) in [4.78, 5) is 18.4. The Morgan fingerprint density at radius 3 is 2.52 bits per heavy atom. The average molecular weight is 438 g/mol. The number of fused-ring (bicyclic) bond motifs is 1. The Labute approximate surface area is 179 Å². The molecule has 1 saturated heterocycles. The van der Waals surface area contributed by atoms with Crippen molar-refractivity contribution in [3.05, 3.63) is 29.2 Å².